The Balaban J connectivity index is 2.73. The van der Waals surface area contributed by atoms with Crippen molar-refractivity contribution in [1.29, 1.82) is 0 Å². The first-order chi connectivity index (χ1) is 8.47. The Morgan fingerprint density at radius 2 is 2.06 bits per heavy atom. The van der Waals surface area contributed by atoms with Gasteiger partial charge in [-0.15, -0.1) is 0 Å². The maximum Gasteiger partial charge on any atom is 0.226 e. The summed E-state index contributed by atoms with van der Waals surface area (Å²) in [6, 6.07) is 0. The van der Waals surface area contributed by atoms with Gasteiger partial charge >= 0.3 is 0 Å². The predicted molar refractivity (Wildman–Crippen MR) is 73.1 cm³/mol. The lowest BCUT2D eigenvalue weighted by Gasteiger charge is -2.21. The van der Waals surface area contributed by atoms with Crippen molar-refractivity contribution in [2.45, 2.75) is 53.0 Å². The summed E-state index contributed by atoms with van der Waals surface area (Å²) in [6.45, 7) is 9.46. The van der Waals surface area contributed by atoms with E-state index in [-0.39, 0.29) is 11.8 Å². The molecule has 1 aromatic rings. The molecule has 102 valence electrons. The van der Waals surface area contributed by atoms with Crippen LogP contribution in [-0.4, -0.2) is 15.5 Å². The van der Waals surface area contributed by atoms with Crippen molar-refractivity contribution in [3.63, 3.8) is 0 Å². The van der Waals surface area contributed by atoms with E-state index in [1.165, 1.54) is 12.8 Å². The second-order valence-corrected chi connectivity index (χ2v) is 5.34. The average molecular weight is 251 g/mol. The maximum atomic E-state index is 11.3. The van der Waals surface area contributed by atoms with Crippen LogP contribution in [0.25, 0.3) is 0 Å². The smallest absolute Gasteiger partial charge is 0.226 e. The third kappa shape index (κ3) is 3.59. The van der Waals surface area contributed by atoms with Crippen molar-refractivity contribution < 1.29 is 4.79 Å². The molecular formula is C14H25N3O. The van der Waals surface area contributed by atoms with Crippen molar-refractivity contribution in [2.75, 3.05) is 0 Å². The van der Waals surface area contributed by atoms with Crippen molar-refractivity contribution in [1.82, 2.24) is 9.55 Å². The Morgan fingerprint density at radius 3 is 2.61 bits per heavy atom. The van der Waals surface area contributed by atoms with Crippen LogP contribution < -0.4 is 5.73 Å². The lowest BCUT2D eigenvalue weighted by atomic mass is 9.91. The Bertz CT molecular complexity index is 386. The molecule has 1 amide bonds. The van der Waals surface area contributed by atoms with Crippen LogP contribution in [0.5, 0.6) is 0 Å². The molecule has 0 radical (unpaired) electrons. The van der Waals surface area contributed by atoms with E-state index < -0.39 is 0 Å². The Labute approximate surface area is 110 Å². The number of carbonyl (C=O) groups is 1. The number of nitrogens with zero attached hydrogens (tertiary/aromatic N) is 2. The molecule has 1 rings (SSSR count). The number of imidazole rings is 1. The molecule has 0 saturated carbocycles. The van der Waals surface area contributed by atoms with Crippen LogP contribution in [0, 0.1) is 11.8 Å². The predicted octanol–water partition coefficient (Wildman–Crippen LogP) is 2.54. The highest BCUT2D eigenvalue weighted by Gasteiger charge is 2.19. The summed E-state index contributed by atoms with van der Waals surface area (Å²) in [4.78, 5) is 15.4. The molecule has 0 bridgehead atoms. The number of primary amides is 1. The molecule has 1 heterocycles. The normalized spacial score (nSPS) is 16.2. The summed E-state index contributed by atoms with van der Waals surface area (Å²) in [5, 5.41) is 0. The van der Waals surface area contributed by atoms with E-state index in [2.05, 4.69) is 30.3 Å². The minimum absolute atomic E-state index is 0.277. The fourth-order valence-corrected chi connectivity index (χ4v) is 2.22. The van der Waals surface area contributed by atoms with Gasteiger partial charge in [-0.05, 0) is 18.8 Å². The highest BCUT2D eigenvalue weighted by molar-refractivity contribution is 5.80. The Morgan fingerprint density at radius 1 is 1.39 bits per heavy atom. The largest absolute Gasteiger partial charge is 0.369 e. The van der Waals surface area contributed by atoms with E-state index in [1.807, 2.05) is 6.92 Å². The van der Waals surface area contributed by atoms with E-state index in [1.54, 1.807) is 12.5 Å². The van der Waals surface area contributed by atoms with Gasteiger partial charge in [0, 0.05) is 18.4 Å². The van der Waals surface area contributed by atoms with Crippen molar-refractivity contribution in [2.24, 2.45) is 17.6 Å². The minimum atomic E-state index is -0.300. The molecule has 0 aromatic carbocycles. The fraction of sp³-hybridized carbons (Fsp3) is 0.714. The standard InChI is InChI=1S/C14H25N3O/c1-5-6-10(2)11(3)8-17-9-16-7-13(17)12(4)14(15)18/h7,9-12H,5-6,8H2,1-4H3,(H2,15,18). The highest BCUT2D eigenvalue weighted by atomic mass is 16.1. The van der Waals surface area contributed by atoms with E-state index in [0.29, 0.717) is 11.8 Å². The molecule has 18 heavy (non-hydrogen) atoms. The van der Waals surface area contributed by atoms with E-state index in [0.717, 1.165) is 12.2 Å². The first-order valence-electron chi connectivity index (χ1n) is 6.76. The molecule has 0 aliphatic rings. The number of aromatic nitrogens is 2. The first-order valence-corrected chi connectivity index (χ1v) is 6.76. The summed E-state index contributed by atoms with van der Waals surface area (Å²) in [7, 11) is 0. The van der Waals surface area contributed by atoms with Gasteiger partial charge in [0.05, 0.1) is 12.2 Å². The molecular weight excluding hydrogens is 226 g/mol. The van der Waals surface area contributed by atoms with Gasteiger partial charge < -0.3 is 10.3 Å². The summed E-state index contributed by atoms with van der Waals surface area (Å²) >= 11 is 0. The molecule has 0 spiro atoms. The minimum Gasteiger partial charge on any atom is -0.369 e. The summed E-state index contributed by atoms with van der Waals surface area (Å²) in [5.74, 6) is 0.666. The number of hydrogen-bond acceptors (Lipinski definition) is 2. The van der Waals surface area contributed by atoms with Gasteiger partial charge in [0.1, 0.15) is 0 Å². The van der Waals surface area contributed by atoms with Crippen LogP contribution in [0.1, 0.15) is 52.1 Å². The van der Waals surface area contributed by atoms with E-state index in [9.17, 15) is 4.79 Å². The van der Waals surface area contributed by atoms with E-state index >= 15 is 0 Å². The lowest BCUT2D eigenvalue weighted by Crippen LogP contribution is -2.23. The van der Waals surface area contributed by atoms with Crippen LogP contribution >= 0.6 is 0 Å². The van der Waals surface area contributed by atoms with Crippen LogP contribution in [0.2, 0.25) is 0 Å². The second-order valence-electron chi connectivity index (χ2n) is 5.34. The SMILES string of the molecule is CCCC(C)C(C)Cn1cncc1C(C)C(N)=O. The van der Waals surface area contributed by atoms with Crippen molar-refractivity contribution in [3.05, 3.63) is 18.2 Å². The van der Waals surface area contributed by atoms with Gasteiger partial charge in [-0.2, -0.15) is 0 Å². The average Bonchev–Trinajstić information content (AvgIpc) is 2.76. The summed E-state index contributed by atoms with van der Waals surface area (Å²) in [5.41, 5.74) is 6.27. The molecule has 3 unspecified atom stereocenters. The van der Waals surface area contributed by atoms with Gasteiger partial charge in [-0.1, -0.05) is 33.6 Å². The van der Waals surface area contributed by atoms with Crippen LogP contribution in [0.4, 0.5) is 0 Å². The van der Waals surface area contributed by atoms with Gasteiger partial charge in [0.2, 0.25) is 5.91 Å². The van der Waals surface area contributed by atoms with Crippen LogP contribution in [0.15, 0.2) is 12.5 Å². The molecule has 1 aromatic heterocycles. The number of nitrogens with two attached hydrogens (primary N) is 1. The Kier molecular flexibility index (Phi) is 5.38. The number of amides is 1. The third-order valence-corrected chi connectivity index (χ3v) is 3.82. The van der Waals surface area contributed by atoms with E-state index in [4.69, 9.17) is 5.73 Å². The quantitative estimate of drug-likeness (QED) is 0.809. The lowest BCUT2D eigenvalue weighted by molar-refractivity contribution is -0.119. The zero-order valence-electron chi connectivity index (χ0n) is 11.9. The molecule has 4 nitrogen and oxygen atoms in total. The summed E-state index contributed by atoms with van der Waals surface area (Å²) < 4.78 is 2.06. The zero-order chi connectivity index (χ0) is 13.7. The topological polar surface area (TPSA) is 60.9 Å². The van der Waals surface area contributed by atoms with Crippen molar-refractivity contribution >= 4 is 5.91 Å². The summed E-state index contributed by atoms with van der Waals surface area (Å²) in [6.07, 6.45) is 5.98. The zero-order valence-corrected chi connectivity index (χ0v) is 11.9. The monoisotopic (exact) mass is 251 g/mol. The molecule has 4 heteroatoms. The molecule has 0 aliphatic heterocycles. The number of carbonyl (C=O) groups excluding carboxylic acids is 1. The number of hydrogen-bond donors (Lipinski definition) is 1. The molecule has 3 atom stereocenters. The van der Waals surface area contributed by atoms with Gasteiger partial charge in [0.15, 0.2) is 0 Å². The fourth-order valence-electron chi connectivity index (χ4n) is 2.22. The number of rotatable bonds is 7. The second kappa shape index (κ2) is 6.57. The van der Waals surface area contributed by atoms with Crippen molar-refractivity contribution in [3.8, 4) is 0 Å². The first kappa shape index (κ1) is 14.7. The molecule has 2 N–H and O–H groups in total. The van der Waals surface area contributed by atoms with Gasteiger partial charge in [0.25, 0.3) is 0 Å². The maximum absolute atomic E-state index is 11.3. The van der Waals surface area contributed by atoms with Crippen LogP contribution in [-0.2, 0) is 11.3 Å². The molecule has 0 aliphatic carbocycles. The molecule has 0 saturated heterocycles. The van der Waals surface area contributed by atoms with Crippen LogP contribution in [0.3, 0.4) is 0 Å². The third-order valence-electron chi connectivity index (χ3n) is 3.82. The Hall–Kier alpha value is -1.32. The highest BCUT2D eigenvalue weighted by Crippen LogP contribution is 2.21. The van der Waals surface area contributed by atoms with Gasteiger partial charge in [-0.25, -0.2) is 4.98 Å². The molecule has 0 fully saturated rings. The van der Waals surface area contributed by atoms with Gasteiger partial charge in [-0.3, -0.25) is 4.79 Å².